The summed E-state index contributed by atoms with van der Waals surface area (Å²) >= 11 is 0. The highest BCUT2D eigenvalue weighted by atomic mass is 16.6. The van der Waals surface area contributed by atoms with Gasteiger partial charge in [-0.05, 0) is 44.1 Å². The van der Waals surface area contributed by atoms with Crippen LogP contribution in [0.2, 0.25) is 0 Å². The van der Waals surface area contributed by atoms with Crippen LogP contribution in [0.1, 0.15) is 43.0 Å². The summed E-state index contributed by atoms with van der Waals surface area (Å²) in [6, 6.07) is 1.36. The summed E-state index contributed by atoms with van der Waals surface area (Å²) in [6.45, 7) is 3.38. The Labute approximate surface area is 128 Å². The van der Waals surface area contributed by atoms with Crippen LogP contribution in [0, 0.1) is 15.5 Å². The molecular formula is C15H19N3O4. The predicted molar refractivity (Wildman–Crippen MR) is 80.0 cm³/mol. The van der Waals surface area contributed by atoms with Crippen molar-refractivity contribution >= 4 is 17.5 Å². The fraction of sp³-hybridized carbons (Fsp3) is 0.600. The number of esters is 1. The van der Waals surface area contributed by atoms with E-state index in [4.69, 9.17) is 4.74 Å². The molecule has 2 aliphatic rings. The second-order valence-electron chi connectivity index (χ2n) is 6.03. The van der Waals surface area contributed by atoms with Gasteiger partial charge in [-0.3, -0.25) is 10.1 Å². The molecule has 0 N–H and O–H groups in total. The topological polar surface area (TPSA) is 85.6 Å². The molecule has 0 bridgehead atoms. The Kier molecular flexibility index (Phi) is 3.72. The van der Waals surface area contributed by atoms with E-state index in [1.165, 1.54) is 31.5 Å². The van der Waals surface area contributed by atoms with E-state index in [0.717, 1.165) is 19.5 Å². The maximum absolute atomic E-state index is 12.0. The van der Waals surface area contributed by atoms with Crippen molar-refractivity contribution in [3.63, 3.8) is 0 Å². The Morgan fingerprint density at radius 1 is 1.50 bits per heavy atom. The quantitative estimate of drug-likeness (QED) is 0.483. The van der Waals surface area contributed by atoms with Gasteiger partial charge >= 0.3 is 11.7 Å². The van der Waals surface area contributed by atoms with E-state index in [1.54, 1.807) is 6.92 Å². The van der Waals surface area contributed by atoms with Crippen LogP contribution in [-0.2, 0) is 4.74 Å². The van der Waals surface area contributed by atoms with Gasteiger partial charge in [0.1, 0.15) is 5.56 Å². The molecule has 7 nitrogen and oxygen atoms in total. The third-order valence-electron chi connectivity index (χ3n) is 4.50. The molecule has 2 fully saturated rings. The largest absolute Gasteiger partial charge is 0.462 e. The lowest BCUT2D eigenvalue weighted by Crippen LogP contribution is -2.37. The highest BCUT2D eigenvalue weighted by Crippen LogP contribution is 2.53. The Balaban J connectivity index is 1.98. The highest BCUT2D eigenvalue weighted by molar-refractivity contribution is 5.96. The minimum atomic E-state index is -0.670. The molecule has 1 aliphatic heterocycles. The molecule has 1 aromatic rings. The lowest BCUT2D eigenvalue weighted by atomic mass is 9.95. The van der Waals surface area contributed by atoms with Crippen LogP contribution in [0.3, 0.4) is 0 Å². The number of carbonyl (C=O) groups is 1. The molecule has 22 heavy (non-hydrogen) atoms. The lowest BCUT2D eigenvalue weighted by Gasteiger charge is -2.33. The number of carbonyl (C=O) groups excluding carboxylic acids is 1. The number of piperidine rings is 1. The number of nitro groups is 1. The Hall–Kier alpha value is -2.18. The van der Waals surface area contributed by atoms with Gasteiger partial charge in [0, 0.05) is 19.3 Å². The number of ether oxygens (including phenoxy) is 1. The first-order valence-electron chi connectivity index (χ1n) is 7.62. The molecule has 118 valence electrons. The van der Waals surface area contributed by atoms with Crippen molar-refractivity contribution in [1.29, 1.82) is 0 Å². The molecule has 0 unspecified atom stereocenters. The highest BCUT2D eigenvalue weighted by Gasteiger charge is 2.46. The SMILES string of the molecule is CCOC(=O)c1ccnc(N2CCCC3(CC3)C2)c1[N+](=O)[O-]. The van der Waals surface area contributed by atoms with Gasteiger partial charge in [0.2, 0.25) is 5.82 Å². The zero-order valence-corrected chi connectivity index (χ0v) is 12.6. The Bertz CT molecular complexity index is 613. The smallest absolute Gasteiger partial charge is 0.345 e. The van der Waals surface area contributed by atoms with Crippen molar-refractivity contribution in [3.8, 4) is 0 Å². The van der Waals surface area contributed by atoms with Gasteiger partial charge in [-0.25, -0.2) is 9.78 Å². The van der Waals surface area contributed by atoms with E-state index in [-0.39, 0.29) is 17.9 Å². The first kappa shape index (κ1) is 14.7. The predicted octanol–water partition coefficient (Wildman–Crippen LogP) is 2.55. The number of hydrogen-bond acceptors (Lipinski definition) is 6. The van der Waals surface area contributed by atoms with E-state index in [0.29, 0.717) is 11.2 Å². The molecule has 0 radical (unpaired) electrons. The molecule has 0 amide bonds. The second-order valence-corrected chi connectivity index (χ2v) is 6.03. The van der Waals surface area contributed by atoms with Crippen LogP contribution >= 0.6 is 0 Å². The molecule has 1 aromatic heterocycles. The molecule has 1 saturated heterocycles. The van der Waals surface area contributed by atoms with Crippen LogP contribution in [0.25, 0.3) is 0 Å². The van der Waals surface area contributed by atoms with Gasteiger partial charge in [0.25, 0.3) is 0 Å². The van der Waals surface area contributed by atoms with Crippen molar-refractivity contribution in [2.24, 2.45) is 5.41 Å². The number of nitrogens with zero attached hydrogens (tertiary/aromatic N) is 3. The number of aromatic nitrogens is 1. The van der Waals surface area contributed by atoms with Gasteiger partial charge in [-0.2, -0.15) is 0 Å². The second kappa shape index (κ2) is 5.55. The number of rotatable bonds is 4. The van der Waals surface area contributed by atoms with Crippen molar-refractivity contribution in [1.82, 2.24) is 4.98 Å². The summed E-state index contributed by atoms with van der Waals surface area (Å²) in [6.07, 6.45) is 5.98. The zero-order valence-electron chi connectivity index (χ0n) is 12.6. The first-order valence-corrected chi connectivity index (χ1v) is 7.62. The van der Waals surface area contributed by atoms with E-state index < -0.39 is 10.9 Å². The maximum atomic E-state index is 12.0. The normalized spacial score (nSPS) is 19.0. The molecule has 1 saturated carbocycles. The van der Waals surface area contributed by atoms with E-state index in [9.17, 15) is 14.9 Å². The summed E-state index contributed by atoms with van der Waals surface area (Å²) in [5, 5.41) is 11.5. The van der Waals surface area contributed by atoms with Crippen LogP contribution in [0.4, 0.5) is 11.5 Å². The van der Waals surface area contributed by atoms with Crippen molar-refractivity contribution < 1.29 is 14.5 Å². The van der Waals surface area contributed by atoms with Crippen LogP contribution in [0.15, 0.2) is 12.3 Å². The third kappa shape index (κ3) is 2.63. The van der Waals surface area contributed by atoms with Gasteiger partial charge < -0.3 is 9.64 Å². The van der Waals surface area contributed by atoms with Gasteiger partial charge in [-0.1, -0.05) is 0 Å². The molecule has 3 rings (SSSR count). The molecule has 0 atom stereocenters. The molecule has 0 aromatic carbocycles. The van der Waals surface area contributed by atoms with E-state index >= 15 is 0 Å². The third-order valence-corrected chi connectivity index (χ3v) is 4.50. The van der Waals surface area contributed by atoms with Crippen molar-refractivity contribution in [3.05, 3.63) is 27.9 Å². The summed E-state index contributed by atoms with van der Waals surface area (Å²) in [4.78, 5) is 29.1. The van der Waals surface area contributed by atoms with E-state index in [2.05, 4.69) is 4.98 Å². The fourth-order valence-corrected chi connectivity index (χ4v) is 3.20. The van der Waals surface area contributed by atoms with Crippen LogP contribution < -0.4 is 4.90 Å². The average Bonchev–Trinajstić information content (AvgIpc) is 3.25. The Morgan fingerprint density at radius 3 is 2.91 bits per heavy atom. The molecular weight excluding hydrogens is 286 g/mol. The standard InChI is InChI=1S/C15H19N3O4/c1-2-22-14(19)11-4-8-16-13(12(11)18(20)21)17-9-3-5-15(10-17)6-7-15/h4,8H,2-3,5-7,9-10H2,1H3. The lowest BCUT2D eigenvalue weighted by molar-refractivity contribution is -0.384. The first-order chi connectivity index (χ1) is 10.6. The minimum absolute atomic E-state index is 0.0210. The number of anilines is 1. The summed E-state index contributed by atoms with van der Waals surface area (Å²) in [5.41, 5.74) is 0.0548. The van der Waals surface area contributed by atoms with Crippen molar-refractivity contribution in [2.45, 2.75) is 32.6 Å². The summed E-state index contributed by atoms with van der Waals surface area (Å²) < 4.78 is 4.92. The molecule has 1 spiro atoms. The van der Waals surface area contributed by atoms with Gasteiger partial charge in [0.15, 0.2) is 0 Å². The summed E-state index contributed by atoms with van der Waals surface area (Å²) in [5.74, 6) is -0.377. The fourth-order valence-electron chi connectivity index (χ4n) is 3.20. The Morgan fingerprint density at radius 2 is 2.27 bits per heavy atom. The molecule has 2 heterocycles. The monoisotopic (exact) mass is 305 g/mol. The van der Waals surface area contributed by atoms with Crippen LogP contribution in [0.5, 0.6) is 0 Å². The number of pyridine rings is 1. The van der Waals surface area contributed by atoms with Gasteiger partial charge in [-0.15, -0.1) is 0 Å². The van der Waals surface area contributed by atoms with Crippen molar-refractivity contribution in [2.75, 3.05) is 24.6 Å². The molecule has 1 aliphatic carbocycles. The minimum Gasteiger partial charge on any atom is -0.462 e. The maximum Gasteiger partial charge on any atom is 0.345 e. The number of hydrogen-bond donors (Lipinski definition) is 0. The van der Waals surface area contributed by atoms with Crippen LogP contribution in [-0.4, -0.2) is 35.6 Å². The average molecular weight is 305 g/mol. The van der Waals surface area contributed by atoms with E-state index in [1.807, 2.05) is 4.90 Å². The van der Waals surface area contributed by atoms with Gasteiger partial charge in [0.05, 0.1) is 11.5 Å². The summed E-state index contributed by atoms with van der Waals surface area (Å²) in [7, 11) is 0. The zero-order chi connectivity index (χ0) is 15.7. The molecule has 7 heteroatoms.